The normalized spacial score (nSPS) is 20.9. The van der Waals surface area contributed by atoms with Gasteiger partial charge in [-0.2, -0.15) is 0 Å². The summed E-state index contributed by atoms with van der Waals surface area (Å²) >= 11 is 0. The lowest BCUT2D eigenvalue weighted by Crippen LogP contribution is -2.34. The van der Waals surface area contributed by atoms with Crippen LogP contribution < -0.4 is 14.8 Å². The second-order valence-corrected chi connectivity index (χ2v) is 5.96. The van der Waals surface area contributed by atoms with E-state index < -0.39 is 6.10 Å². The molecule has 4 heteroatoms. The van der Waals surface area contributed by atoms with Crippen molar-refractivity contribution in [3.05, 3.63) is 59.2 Å². The molecule has 0 saturated carbocycles. The van der Waals surface area contributed by atoms with E-state index in [9.17, 15) is 5.11 Å². The fourth-order valence-electron chi connectivity index (χ4n) is 3.26. The van der Waals surface area contributed by atoms with Crippen LogP contribution in [0.5, 0.6) is 11.5 Å². The minimum atomic E-state index is -0.464. The Labute approximate surface area is 137 Å². The smallest absolute Gasteiger partial charge is 0.161 e. The van der Waals surface area contributed by atoms with Crippen molar-refractivity contribution in [2.24, 2.45) is 0 Å². The van der Waals surface area contributed by atoms with E-state index in [-0.39, 0.29) is 12.1 Å². The number of hydrogen-bond acceptors (Lipinski definition) is 4. The standard InChI is InChI=1S/C19H23NO3/c1-12(13-8-9-17(22-2)18(11-13)23-3)20-16-10-14-6-4-5-7-15(14)19(16)21/h4-9,11-12,16,19-21H,10H2,1-3H3. The second-order valence-electron chi connectivity index (χ2n) is 5.96. The molecule has 3 atom stereocenters. The summed E-state index contributed by atoms with van der Waals surface area (Å²) in [6, 6.07) is 14.1. The van der Waals surface area contributed by atoms with Gasteiger partial charge in [-0.3, -0.25) is 0 Å². The van der Waals surface area contributed by atoms with E-state index in [2.05, 4.69) is 18.3 Å². The third-order valence-electron chi connectivity index (χ3n) is 4.57. The lowest BCUT2D eigenvalue weighted by Gasteiger charge is -2.23. The first kappa shape index (κ1) is 15.8. The van der Waals surface area contributed by atoms with Crippen LogP contribution >= 0.6 is 0 Å². The molecule has 0 aromatic heterocycles. The van der Waals surface area contributed by atoms with Gasteiger partial charge in [0, 0.05) is 12.1 Å². The Hall–Kier alpha value is -2.04. The first-order valence-corrected chi connectivity index (χ1v) is 7.88. The van der Waals surface area contributed by atoms with Crippen molar-refractivity contribution in [1.82, 2.24) is 5.32 Å². The molecule has 0 spiro atoms. The summed E-state index contributed by atoms with van der Waals surface area (Å²) in [6.45, 7) is 2.09. The number of fused-ring (bicyclic) bond motifs is 1. The van der Waals surface area contributed by atoms with Gasteiger partial charge >= 0.3 is 0 Å². The van der Waals surface area contributed by atoms with Crippen molar-refractivity contribution < 1.29 is 14.6 Å². The highest BCUT2D eigenvalue weighted by atomic mass is 16.5. The molecule has 2 aromatic carbocycles. The monoisotopic (exact) mass is 313 g/mol. The summed E-state index contributed by atoms with van der Waals surface area (Å²) in [4.78, 5) is 0. The zero-order valence-electron chi connectivity index (χ0n) is 13.7. The van der Waals surface area contributed by atoms with Crippen LogP contribution in [0.3, 0.4) is 0 Å². The molecule has 1 aliphatic carbocycles. The van der Waals surface area contributed by atoms with Crippen LogP contribution in [0.1, 0.15) is 35.8 Å². The van der Waals surface area contributed by atoms with Gasteiger partial charge in [0.2, 0.25) is 0 Å². The fourth-order valence-corrected chi connectivity index (χ4v) is 3.26. The molecular weight excluding hydrogens is 290 g/mol. The van der Waals surface area contributed by atoms with Gasteiger partial charge in [-0.25, -0.2) is 0 Å². The molecule has 1 aliphatic rings. The molecule has 0 bridgehead atoms. The van der Waals surface area contributed by atoms with Gasteiger partial charge in [0.15, 0.2) is 11.5 Å². The summed E-state index contributed by atoms with van der Waals surface area (Å²) in [6.07, 6.45) is 0.378. The number of nitrogens with one attached hydrogen (secondary N) is 1. The summed E-state index contributed by atoms with van der Waals surface area (Å²) in [5.41, 5.74) is 3.35. The summed E-state index contributed by atoms with van der Waals surface area (Å²) in [5.74, 6) is 1.44. The molecule has 2 N–H and O–H groups in total. The van der Waals surface area contributed by atoms with Crippen molar-refractivity contribution in [3.63, 3.8) is 0 Å². The summed E-state index contributed by atoms with van der Waals surface area (Å²) < 4.78 is 10.6. The van der Waals surface area contributed by atoms with Crippen molar-refractivity contribution in [2.45, 2.75) is 31.5 Å². The van der Waals surface area contributed by atoms with Crippen LogP contribution in [0.15, 0.2) is 42.5 Å². The Balaban J connectivity index is 1.74. The highest BCUT2D eigenvalue weighted by molar-refractivity contribution is 5.44. The molecule has 0 heterocycles. The molecule has 0 aliphatic heterocycles. The van der Waals surface area contributed by atoms with Gasteiger partial charge in [0.1, 0.15) is 0 Å². The number of aliphatic hydroxyl groups excluding tert-OH is 1. The van der Waals surface area contributed by atoms with Crippen molar-refractivity contribution >= 4 is 0 Å². The van der Waals surface area contributed by atoms with Crippen LogP contribution in [0.4, 0.5) is 0 Å². The molecule has 4 nitrogen and oxygen atoms in total. The van der Waals surface area contributed by atoms with Crippen LogP contribution in [-0.2, 0) is 6.42 Å². The van der Waals surface area contributed by atoms with E-state index in [4.69, 9.17) is 9.47 Å². The number of hydrogen-bond donors (Lipinski definition) is 2. The molecule has 0 saturated heterocycles. The number of ether oxygens (including phenoxy) is 2. The average molecular weight is 313 g/mol. The molecule has 23 heavy (non-hydrogen) atoms. The van der Waals surface area contributed by atoms with E-state index in [1.807, 2.05) is 36.4 Å². The Morgan fingerprint density at radius 3 is 2.52 bits per heavy atom. The quantitative estimate of drug-likeness (QED) is 0.891. The van der Waals surface area contributed by atoms with Crippen molar-refractivity contribution in [3.8, 4) is 11.5 Å². The van der Waals surface area contributed by atoms with Gasteiger partial charge in [-0.15, -0.1) is 0 Å². The maximum atomic E-state index is 10.5. The SMILES string of the molecule is COc1ccc(C(C)NC2Cc3ccccc3C2O)cc1OC. The van der Waals surface area contributed by atoms with E-state index in [0.29, 0.717) is 5.75 Å². The van der Waals surface area contributed by atoms with Crippen LogP contribution in [-0.4, -0.2) is 25.4 Å². The number of aliphatic hydroxyl groups is 1. The molecule has 0 radical (unpaired) electrons. The largest absolute Gasteiger partial charge is 0.493 e. The Morgan fingerprint density at radius 2 is 1.83 bits per heavy atom. The Kier molecular flexibility index (Phi) is 4.55. The van der Waals surface area contributed by atoms with Crippen LogP contribution in [0.25, 0.3) is 0 Å². The van der Waals surface area contributed by atoms with Gasteiger partial charge in [0.05, 0.1) is 20.3 Å². The summed E-state index contributed by atoms with van der Waals surface area (Å²) in [5, 5.41) is 14.0. The second kappa shape index (κ2) is 6.60. The number of rotatable bonds is 5. The van der Waals surface area contributed by atoms with Gasteiger partial charge in [-0.1, -0.05) is 30.3 Å². The molecule has 0 fully saturated rings. The van der Waals surface area contributed by atoms with E-state index in [1.54, 1.807) is 14.2 Å². The van der Waals surface area contributed by atoms with Crippen LogP contribution in [0, 0.1) is 0 Å². The van der Waals surface area contributed by atoms with Crippen LogP contribution in [0.2, 0.25) is 0 Å². The molecule has 0 amide bonds. The maximum absolute atomic E-state index is 10.5. The lowest BCUT2D eigenvalue weighted by atomic mass is 10.0. The minimum absolute atomic E-state index is 0.0236. The maximum Gasteiger partial charge on any atom is 0.161 e. The zero-order chi connectivity index (χ0) is 16.4. The highest BCUT2D eigenvalue weighted by Crippen LogP contribution is 2.34. The minimum Gasteiger partial charge on any atom is -0.493 e. The third-order valence-corrected chi connectivity index (χ3v) is 4.57. The first-order chi connectivity index (χ1) is 11.1. The van der Waals surface area contributed by atoms with Crippen molar-refractivity contribution in [1.29, 1.82) is 0 Å². The van der Waals surface area contributed by atoms with E-state index in [0.717, 1.165) is 23.3 Å². The van der Waals surface area contributed by atoms with Gasteiger partial charge in [0.25, 0.3) is 0 Å². The fraction of sp³-hybridized carbons (Fsp3) is 0.368. The Morgan fingerprint density at radius 1 is 1.09 bits per heavy atom. The van der Waals surface area contributed by atoms with E-state index >= 15 is 0 Å². The third kappa shape index (κ3) is 3.05. The lowest BCUT2D eigenvalue weighted by molar-refractivity contribution is 0.136. The van der Waals surface area contributed by atoms with Crippen molar-refractivity contribution in [2.75, 3.05) is 14.2 Å². The molecule has 3 unspecified atom stereocenters. The summed E-state index contributed by atoms with van der Waals surface area (Å²) in [7, 11) is 3.27. The zero-order valence-corrected chi connectivity index (χ0v) is 13.7. The van der Waals surface area contributed by atoms with E-state index in [1.165, 1.54) is 5.56 Å². The number of methoxy groups -OCH3 is 2. The van der Waals surface area contributed by atoms with Gasteiger partial charge in [-0.05, 0) is 42.2 Å². The first-order valence-electron chi connectivity index (χ1n) is 7.88. The molecule has 2 aromatic rings. The molecule has 122 valence electrons. The predicted octanol–water partition coefficient (Wildman–Crippen LogP) is 3.01. The molecule has 3 rings (SSSR count). The molecular formula is C19H23NO3. The highest BCUT2D eigenvalue weighted by Gasteiger charge is 2.31. The topological polar surface area (TPSA) is 50.7 Å². The average Bonchev–Trinajstić information content (AvgIpc) is 2.90. The number of benzene rings is 2. The van der Waals surface area contributed by atoms with Gasteiger partial charge < -0.3 is 19.9 Å². The Bertz CT molecular complexity index is 686. The predicted molar refractivity (Wildman–Crippen MR) is 90.0 cm³/mol.